The highest BCUT2D eigenvalue weighted by Crippen LogP contribution is 2.29. The van der Waals surface area contributed by atoms with Gasteiger partial charge in [0.25, 0.3) is 0 Å². The van der Waals surface area contributed by atoms with E-state index in [4.69, 9.17) is 26.4 Å². The number of para-hydroxylation sites is 1. The van der Waals surface area contributed by atoms with E-state index in [0.29, 0.717) is 11.4 Å². The largest absolute Gasteiger partial charge is 0.465 e. The van der Waals surface area contributed by atoms with Gasteiger partial charge in [0.2, 0.25) is 0 Å². The molecule has 7 heteroatoms. The monoisotopic (exact) mass is 308 g/mol. The van der Waals surface area contributed by atoms with Crippen LogP contribution in [0.3, 0.4) is 0 Å². The van der Waals surface area contributed by atoms with Crippen molar-refractivity contribution in [3.05, 3.63) is 23.8 Å². The first-order valence-corrected chi connectivity index (χ1v) is 6.36. The number of ether oxygens (including phenoxy) is 3. The maximum Gasteiger partial charge on any atom is 0.341 e. The SMILES string of the molecule is CC#CNC(=S)Nc1cccc(C(=O)OC)c1OCOC. The Morgan fingerprint density at radius 2 is 2.14 bits per heavy atom. The molecule has 1 aromatic carbocycles. The lowest BCUT2D eigenvalue weighted by Gasteiger charge is -2.15. The van der Waals surface area contributed by atoms with Gasteiger partial charge in [-0.2, -0.15) is 0 Å². The van der Waals surface area contributed by atoms with Crippen LogP contribution in [0.5, 0.6) is 5.75 Å². The van der Waals surface area contributed by atoms with Crippen molar-refractivity contribution in [1.29, 1.82) is 0 Å². The lowest BCUT2D eigenvalue weighted by molar-refractivity contribution is 0.0469. The summed E-state index contributed by atoms with van der Waals surface area (Å²) in [4.78, 5) is 11.8. The molecule has 0 unspecified atom stereocenters. The first kappa shape index (κ1) is 16.8. The molecule has 0 aliphatic heterocycles. The van der Waals surface area contributed by atoms with Crippen molar-refractivity contribution in [3.63, 3.8) is 0 Å². The number of anilines is 1. The summed E-state index contributed by atoms with van der Waals surface area (Å²) in [5.74, 6) is 2.43. The minimum atomic E-state index is -0.517. The Morgan fingerprint density at radius 1 is 1.38 bits per heavy atom. The molecular weight excluding hydrogens is 292 g/mol. The summed E-state index contributed by atoms with van der Waals surface area (Å²) in [5.41, 5.74) is 0.772. The van der Waals surface area contributed by atoms with Gasteiger partial charge in [-0.15, -0.1) is 0 Å². The van der Waals surface area contributed by atoms with Gasteiger partial charge >= 0.3 is 5.97 Å². The van der Waals surface area contributed by atoms with Crippen LogP contribution in [-0.2, 0) is 9.47 Å². The summed E-state index contributed by atoms with van der Waals surface area (Å²) in [6.45, 7) is 1.66. The number of hydrogen-bond acceptors (Lipinski definition) is 5. The van der Waals surface area contributed by atoms with Gasteiger partial charge in [0.15, 0.2) is 17.7 Å². The standard InChI is InChI=1S/C14H16N2O4S/c1-4-8-15-14(21)16-11-7-5-6-10(13(17)19-3)12(11)20-9-18-2/h5-7H,9H2,1-3H3,(H2,15,16,21). The number of thiocarbonyl (C=S) groups is 1. The molecule has 0 atom stereocenters. The lowest BCUT2D eigenvalue weighted by atomic mass is 10.1. The Labute approximate surface area is 128 Å². The van der Waals surface area contributed by atoms with Crippen LogP contribution < -0.4 is 15.4 Å². The zero-order valence-corrected chi connectivity index (χ0v) is 12.8. The van der Waals surface area contributed by atoms with E-state index in [1.807, 2.05) is 0 Å². The van der Waals surface area contributed by atoms with Gasteiger partial charge in [0, 0.05) is 13.2 Å². The molecule has 1 aromatic rings. The number of methoxy groups -OCH3 is 2. The molecule has 0 radical (unpaired) electrons. The van der Waals surface area contributed by atoms with Gasteiger partial charge in [-0.25, -0.2) is 4.79 Å². The van der Waals surface area contributed by atoms with Gasteiger partial charge in [0.05, 0.1) is 12.8 Å². The number of benzene rings is 1. The molecule has 2 N–H and O–H groups in total. The van der Waals surface area contributed by atoms with E-state index < -0.39 is 5.97 Å². The fourth-order valence-corrected chi connectivity index (χ4v) is 1.61. The van der Waals surface area contributed by atoms with Crippen molar-refractivity contribution in [2.45, 2.75) is 6.92 Å². The number of esters is 1. The Bertz CT molecular complexity index is 578. The molecule has 0 spiro atoms. The molecule has 1 rings (SSSR count). The molecule has 112 valence electrons. The van der Waals surface area contributed by atoms with Crippen LogP contribution in [0.2, 0.25) is 0 Å². The predicted octanol–water partition coefficient (Wildman–Crippen LogP) is 1.72. The Kier molecular flexibility index (Phi) is 7.01. The summed E-state index contributed by atoms with van der Waals surface area (Å²) < 4.78 is 15.0. The van der Waals surface area contributed by atoms with Gasteiger partial charge in [-0.1, -0.05) is 12.0 Å². The number of nitrogens with one attached hydrogen (secondary N) is 2. The fourth-order valence-electron chi connectivity index (χ4n) is 1.45. The molecule has 6 nitrogen and oxygen atoms in total. The third-order valence-electron chi connectivity index (χ3n) is 2.29. The van der Waals surface area contributed by atoms with Crippen molar-refractivity contribution in [1.82, 2.24) is 5.32 Å². The van der Waals surface area contributed by atoms with Crippen LogP contribution in [0.4, 0.5) is 5.69 Å². The van der Waals surface area contributed by atoms with E-state index in [9.17, 15) is 4.79 Å². The summed E-state index contributed by atoms with van der Waals surface area (Å²) in [6.07, 6.45) is 0. The number of rotatable bonds is 5. The topological polar surface area (TPSA) is 68.8 Å². The third kappa shape index (κ3) is 4.95. The average Bonchev–Trinajstić information content (AvgIpc) is 2.50. The van der Waals surface area contributed by atoms with Crippen LogP contribution in [0.1, 0.15) is 17.3 Å². The van der Waals surface area contributed by atoms with Crippen molar-refractivity contribution < 1.29 is 19.0 Å². The van der Waals surface area contributed by atoms with Crippen LogP contribution in [0.15, 0.2) is 18.2 Å². The van der Waals surface area contributed by atoms with E-state index in [1.54, 1.807) is 25.1 Å². The Morgan fingerprint density at radius 3 is 2.76 bits per heavy atom. The highest BCUT2D eigenvalue weighted by atomic mass is 32.1. The predicted molar refractivity (Wildman–Crippen MR) is 83.1 cm³/mol. The van der Waals surface area contributed by atoms with Crippen LogP contribution >= 0.6 is 12.2 Å². The van der Waals surface area contributed by atoms with E-state index in [0.717, 1.165) is 0 Å². The van der Waals surface area contributed by atoms with E-state index in [-0.39, 0.29) is 17.5 Å². The third-order valence-corrected chi connectivity index (χ3v) is 2.49. The first-order valence-electron chi connectivity index (χ1n) is 5.95. The van der Waals surface area contributed by atoms with Crippen molar-refractivity contribution in [2.24, 2.45) is 0 Å². The summed E-state index contributed by atoms with van der Waals surface area (Å²) in [7, 11) is 2.78. The molecule has 21 heavy (non-hydrogen) atoms. The van der Waals surface area contributed by atoms with E-state index >= 15 is 0 Å². The minimum absolute atomic E-state index is 0.0162. The Balaban J connectivity index is 3.07. The second kappa shape index (κ2) is 8.79. The van der Waals surface area contributed by atoms with Crippen molar-refractivity contribution in [3.8, 4) is 17.7 Å². The normalized spacial score (nSPS) is 9.10. The molecule has 0 saturated carbocycles. The second-order valence-corrected chi connectivity index (χ2v) is 4.09. The van der Waals surface area contributed by atoms with Crippen LogP contribution in [0, 0.1) is 12.0 Å². The molecule has 0 saturated heterocycles. The maximum absolute atomic E-state index is 11.8. The van der Waals surface area contributed by atoms with Crippen LogP contribution in [0.25, 0.3) is 0 Å². The van der Waals surface area contributed by atoms with Gasteiger partial charge in [-0.3, -0.25) is 5.32 Å². The lowest BCUT2D eigenvalue weighted by Crippen LogP contribution is -2.24. The zero-order valence-electron chi connectivity index (χ0n) is 12.0. The highest BCUT2D eigenvalue weighted by Gasteiger charge is 2.17. The van der Waals surface area contributed by atoms with Gasteiger partial charge < -0.3 is 19.5 Å². The first-order chi connectivity index (χ1) is 10.1. The minimum Gasteiger partial charge on any atom is -0.465 e. The summed E-state index contributed by atoms with van der Waals surface area (Å²) in [5, 5.41) is 5.87. The molecular formula is C14H16N2O4S. The quantitative estimate of drug-likeness (QED) is 0.282. The Hall–Kier alpha value is -2.30. The summed E-state index contributed by atoms with van der Waals surface area (Å²) >= 11 is 5.08. The summed E-state index contributed by atoms with van der Waals surface area (Å²) in [6, 6.07) is 7.60. The number of carbonyl (C=O) groups is 1. The molecule has 0 aliphatic rings. The average molecular weight is 308 g/mol. The van der Waals surface area contributed by atoms with Crippen LogP contribution in [-0.4, -0.2) is 32.1 Å². The van der Waals surface area contributed by atoms with E-state index in [2.05, 4.69) is 22.6 Å². The number of carbonyl (C=O) groups excluding carboxylic acids is 1. The highest BCUT2D eigenvalue weighted by molar-refractivity contribution is 7.80. The molecule has 0 aromatic heterocycles. The smallest absolute Gasteiger partial charge is 0.341 e. The van der Waals surface area contributed by atoms with Crippen molar-refractivity contribution in [2.75, 3.05) is 26.3 Å². The molecule has 0 heterocycles. The maximum atomic E-state index is 11.8. The van der Waals surface area contributed by atoms with Gasteiger partial charge in [-0.05, 0) is 31.3 Å². The second-order valence-electron chi connectivity index (χ2n) is 3.68. The zero-order chi connectivity index (χ0) is 15.7. The molecule has 0 bridgehead atoms. The molecule has 0 aliphatic carbocycles. The van der Waals surface area contributed by atoms with E-state index in [1.165, 1.54) is 14.2 Å². The molecule has 0 fully saturated rings. The van der Waals surface area contributed by atoms with Gasteiger partial charge in [0.1, 0.15) is 5.56 Å². The van der Waals surface area contributed by atoms with Crippen molar-refractivity contribution >= 4 is 29.0 Å². The fraction of sp³-hybridized carbons (Fsp3) is 0.286. The molecule has 0 amide bonds. The number of hydrogen-bond donors (Lipinski definition) is 2.